The van der Waals surface area contributed by atoms with Crippen molar-refractivity contribution >= 4 is 5.69 Å². The van der Waals surface area contributed by atoms with E-state index in [0.29, 0.717) is 0 Å². The van der Waals surface area contributed by atoms with Crippen LogP contribution >= 0.6 is 0 Å². The smallest absolute Gasteiger partial charge is 0.0314 e. The molecule has 1 aliphatic carbocycles. The second-order valence-electron chi connectivity index (χ2n) is 6.79. The van der Waals surface area contributed by atoms with Crippen molar-refractivity contribution in [3.63, 3.8) is 0 Å². The Bertz CT molecular complexity index is 574. The summed E-state index contributed by atoms with van der Waals surface area (Å²) >= 11 is 0. The number of rotatable bonds is 4. The van der Waals surface area contributed by atoms with Gasteiger partial charge < -0.3 is 5.73 Å². The normalized spacial score (nSPS) is 21.7. The third kappa shape index (κ3) is 3.71. The van der Waals surface area contributed by atoms with Gasteiger partial charge in [-0.3, -0.25) is 0 Å². The van der Waals surface area contributed by atoms with Gasteiger partial charge >= 0.3 is 0 Å². The van der Waals surface area contributed by atoms with E-state index in [4.69, 9.17) is 5.73 Å². The Morgan fingerprint density at radius 3 is 1.91 bits per heavy atom. The van der Waals surface area contributed by atoms with Crippen LogP contribution in [0.2, 0.25) is 0 Å². The number of anilines is 1. The Hall–Kier alpha value is -1.76. The summed E-state index contributed by atoms with van der Waals surface area (Å²) < 4.78 is 0. The molecule has 2 aromatic carbocycles. The number of hydrogen-bond donors (Lipinski definition) is 1. The highest BCUT2D eigenvalue weighted by Gasteiger charge is 2.20. The number of hydrogen-bond acceptors (Lipinski definition) is 1. The fourth-order valence-corrected chi connectivity index (χ4v) is 3.68. The fraction of sp³-hybridized carbons (Fsp3) is 0.429. The van der Waals surface area contributed by atoms with Gasteiger partial charge in [-0.1, -0.05) is 49.7 Å². The van der Waals surface area contributed by atoms with E-state index in [1.54, 1.807) is 0 Å². The van der Waals surface area contributed by atoms with Gasteiger partial charge in [0.2, 0.25) is 0 Å². The fourth-order valence-electron chi connectivity index (χ4n) is 3.68. The molecule has 0 radical (unpaired) electrons. The highest BCUT2D eigenvalue weighted by Crippen LogP contribution is 2.36. The summed E-state index contributed by atoms with van der Waals surface area (Å²) in [6, 6.07) is 17.5. The molecule has 116 valence electrons. The average Bonchev–Trinajstić information content (AvgIpc) is 2.58. The SMILES string of the molecule is CCC1CCC(c2ccc(Cc3ccc(N)cc3)cc2)CC1. The molecule has 0 heterocycles. The maximum Gasteiger partial charge on any atom is 0.0314 e. The minimum atomic E-state index is 0.786. The molecule has 3 rings (SSSR count). The summed E-state index contributed by atoms with van der Waals surface area (Å²) in [5.41, 5.74) is 10.8. The first-order valence-electron chi connectivity index (χ1n) is 8.68. The van der Waals surface area contributed by atoms with E-state index in [1.807, 2.05) is 12.1 Å². The third-order valence-corrected chi connectivity index (χ3v) is 5.26. The topological polar surface area (TPSA) is 26.0 Å². The van der Waals surface area contributed by atoms with Gasteiger partial charge in [-0.2, -0.15) is 0 Å². The van der Waals surface area contributed by atoms with Gasteiger partial charge in [0.25, 0.3) is 0 Å². The first-order chi connectivity index (χ1) is 10.7. The van der Waals surface area contributed by atoms with Crippen LogP contribution < -0.4 is 5.73 Å². The maximum atomic E-state index is 5.74. The van der Waals surface area contributed by atoms with Crippen LogP contribution in [0.3, 0.4) is 0 Å². The molecule has 0 amide bonds. The van der Waals surface area contributed by atoms with E-state index in [9.17, 15) is 0 Å². The van der Waals surface area contributed by atoms with E-state index >= 15 is 0 Å². The van der Waals surface area contributed by atoms with Gasteiger partial charge in [-0.25, -0.2) is 0 Å². The molecule has 0 aromatic heterocycles. The molecule has 1 nitrogen and oxygen atoms in total. The molecule has 0 spiro atoms. The van der Waals surface area contributed by atoms with Crippen molar-refractivity contribution in [3.05, 3.63) is 65.2 Å². The Balaban J connectivity index is 1.62. The number of nitrogens with two attached hydrogens (primary N) is 1. The Morgan fingerprint density at radius 1 is 0.818 bits per heavy atom. The van der Waals surface area contributed by atoms with Gasteiger partial charge in [0.1, 0.15) is 0 Å². The van der Waals surface area contributed by atoms with E-state index in [1.165, 1.54) is 48.8 Å². The lowest BCUT2D eigenvalue weighted by atomic mass is 9.78. The Kier molecular flexibility index (Phi) is 4.82. The van der Waals surface area contributed by atoms with Crippen LogP contribution in [0.15, 0.2) is 48.5 Å². The van der Waals surface area contributed by atoms with Crippen molar-refractivity contribution in [2.75, 3.05) is 5.73 Å². The van der Waals surface area contributed by atoms with Crippen LogP contribution in [0.1, 0.15) is 61.6 Å². The average molecular weight is 293 g/mol. The van der Waals surface area contributed by atoms with Crippen molar-refractivity contribution in [1.82, 2.24) is 0 Å². The van der Waals surface area contributed by atoms with Crippen LogP contribution in [0, 0.1) is 5.92 Å². The summed E-state index contributed by atoms with van der Waals surface area (Å²) in [4.78, 5) is 0. The van der Waals surface area contributed by atoms with Gasteiger partial charge in [-0.05, 0) is 72.8 Å². The molecule has 2 N–H and O–H groups in total. The Morgan fingerprint density at radius 2 is 1.36 bits per heavy atom. The standard InChI is InChI=1S/C21H27N/c1-2-16-3-9-19(10-4-16)20-11-5-17(6-12-20)15-18-7-13-21(22)14-8-18/h5-8,11-14,16,19H,2-4,9-10,15,22H2,1H3. The zero-order chi connectivity index (χ0) is 15.4. The minimum absolute atomic E-state index is 0.786. The molecule has 1 aliphatic rings. The van der Waals surface area contributed by atoms with E-state index in [2.05, 4.69) is 43.3 Å². The van der Waals surface area contributed by atoms with Crippen molar-refractivity contribution in [2.24, 2.45) is 5.92 Å². The number of nitrogen functional groups attached to an aromatic ring is 1. The zero-order valence-corrected chi connectivity index (χ0v) is 13.6. The molecule has 0 unspecified atom stereocenters. The largest absolute Gasteiger partial charge is 0.399 e. The van der Waals surface area contributed by atoms with Crippen LogP contribution in [0.25, 0.3) is 0 Å². The molecule has 0 bridgehead atoms. The minimum Gasteiger partial charge on any atom is -0.399 e. The van der Waals surface area contributed by atoms with E-state index < -0.39 is 0 Å². The summed E-state index contributed by atoms with van der Waals surface area (Å²) in [5.74, 6) is 1.76. The highest BCUT2D eigenvalue weighted by atomic mass is 14.5. The monoisotopic (exact) mass is 293 g/mol. The van der Waals surface area contributed by atoms with Crippen molar-refractivity contribution < 1.29 is 0 Å². The molecule has 0 aliphatic heterocycles. The quantitative estimate of drug-likeness (QED) is 0.735. The molecule has 1 fully saturated rings. The molecule has 2 aromatic rings. The third-order valence-electron chi connectivity index (χ3n) is 5.26. The summed E-state index contributed by atoms with van der Waals surface area (Å²) in [6.07, 6.45) is 7.91. The maximum absolute atomic E-state index is 5.74. The molecule has 0 saturated heterocycles. The van der Waals surface area contributed by atoms with Crippen molar-refractivity contribution in [1.29, 1.82) is 0 Å². The van der Waals surface area contributed by atoms with Crippen LogP contribution in [0.4, 0.5) is 5.69 Å². The lowest BCUT2D eigenvalue weighted by Gasteiger charge is -2.28. The molecule has 1 saturated carbocycles. The predicted octanol–water partition coefficient (Wildman–Crippen LogP) is 5.54. The van der Waals surface area contributed by atoms with Crippen LogP contribution in [-0.2, 0) is 6.42 Å². The van der Waals surface area contributed by atoms with Gasteiger partial charge in [0.05, 0.1) is 0 Å². The number of benzene rings is 2. The molecular formula is C21H27N. The zero-order valence-electron chi connectivity index (χ0n) is 13.6. The second kappa shape index (κ2) is 7.00. The van der Waals surface area contributed by atoms with Crippen molar-refractivity contribution in [2.45, 2.75) is 51.4 Å². The van der Waals surface area contributed by atoms with Crippen molar-refractivity contribution in [3.8, 4) is 0 Å². The molecule has 22 heavy (non-hydrogen) atoms. The van der Waals surface area contributed by atoms with Gasteiger partial charge in [0.15, 0.2) is 0 Å². The molecule has 0 atom stereocenters. The van der Waals surface area contributed by atoms with Crippen LogP contribution in [0.5, 0.6) is 0 Å². The van der Waals surface area contributed by atoms with Gasteiger partial charge in [-0.15, -0.1) is 0 Å². The predicted molar refractivity (Wildman–Crippen MR) is 95.1 cm³/mol. The highest BCUT2D eigenvalue weighted by molar-refractivity contribution is 5.40. The first-order valence-corrected chi connectivity index (χ1v) is 8.68. The van der Waals surface area contributed by atoms with E-state index in [-0.39, 0.29) is 0 Å². The summed E-state index contributed by atoms with van der Waals surface area (Å²) in [6.45, 7) is 2.33. The first kappa shape index (κ1) is 15.1. The molecule has 1 heteroatoms. The van der Waals surface area contributed by atoms with E-state index in [0.717, 1.165) is 23.9 Å². The summed E-state index contributed by atoms with van der Waals surface area (Å²) in [5, 5.41) is 0. The summed E-state index contributed by atoms with van der Waals surface area (Å²) in [7, 11) is 0. The van der Waals surface area contributed by atoms with Gasteiger partial charge in [0, 0.05) is 5.69 Å². The second-order valence-corrected chi connectivity index (χ2v) is 6.79. The lowest BCUT2D eigenvalue weighted by molar-refractivity contribution is 0.319. The lowest BCUT2D eigenvalue weighted by Crippen LogP contribution is -2.12. The molecular weight excluding hydrogens is 266 g/mol. The van der Waals surface area contributed by atoms with Crippen LogP contribution in [-0.4, -0.2) is 0 Å². The Labute approximate surface area is 134 Å².